The molecule has 0 spiro atoms. The molecule has 4 nitrogen and oxygen atoms in total. The molecule has 0 aliphatic heterocycles. The van der Waals surface area contributed by atoms with Crippen molar-refractivity contribution in [3.05, 3.63) is 65.5 Å². The fourth-order valence-corrected chi connectivity index (χ4v) is 2.45. The van der Waals surface area contributed by atoms with Gasteiger partial charge in [-0.1, -0.05) is 35.9 Å². The number of aromatic nitrogens is 1. The molecule has 1 aromatic heterocycles. The van der Waals surface area contributed by atoms with E-state index in [1.807, 2.05) is 49.4 Å². The molecule has 0 aliphatic carbocycles. The van der Waals surface area contributed by atoms with E-state index < -0.39 is 5.41 Å². The first-order valence-electron chi connectivity index (χ1n) is 6.88. The van der Waals surface area contributed by atoms with Crippen molar-refractivity contribution in [1.29, 1.82) is 0 Å². The van der Waals surface area contributed by atoms with Crippen LogP contribution in [0.5, 0.6) is 0 Å². The van der Waals surface area contributed by atoms with Crippen molar-refractivity contribution in [3.8, 4) is 0 Å². The van der Waals surface area contributed by atoms with Crippen molar-refractivity contribution in [2.75, 3.05) is 13.7 Å². The largest absolute Gasteiger partial charge is 0.468 e. The van der Waals surface area contributed by atoms with Crippen molar-refractivity contribution >= 4 is 5.97 Å². The van der Waals surface area contributed by atoms with E-state index in [-0.39, 0.29) is 12.5 Å². The highest BCUT2D eigenvalue weighted by Crippen LogP contribution is 2.29. The number of methoxy groups -OCH3 is 1. The van der Waals surface area contributed by atoms with Crippen LogP contribution in [0.15, 0.2) is 48.7 Å². The molecule has 1 heterocycles. The zero-order chi connectivity index (χ0) is 15.3. The number of hydrogen-bond acceptors (Lipinski definition) is 4. The van der Waals surface area contributed by atoms with Crippen LogP contribution in [-0.2, 0) is 21.4 Å². The lowest BCUT2D eigenvalue weighted by Gasteiger charge is -2.30. The summed E-state index contributed by atoms with van der Waals surface area (Å²) in [5, 5.41) is 0. The molecule has 2 aromatic rings. The van der Waals surface area contributed by atoms with E-state index in [0.717, 1.165) is 16.8 Å². The highest BCUT2D eigenvalue weighted by Gasteiger charge is 2.40. The highest BCUT2D eigenvalue weighted by atomic mass is 16.5. The van der Waals surface area contributed by atoms with Gasteiger partial charge >= 0.3 is 5.97 Å². The van der Waals surface area contributed by atoms with Gasteiger partial charge in [-0.05, 0) is 24.6 Å². The Hall–Kier alpha value is -2.20. The number of nitrogens with zero attached hydrogens (tertiary/aromatic N) is 1. The Morgan fingerprint density at radius 3 is 2.48 bits per heavy atom. The predicted octanol–water partition coefficient (Wildman–Crippen LogP) is 2.00. The third-order valence-electron chi connectivity index (χ3n) is 3.74. The first kappa shape index (κ1) is 15.2. The van der Waals surface area contributed by atoms with Crippen LogP contribution in [0.1, 0.15) is 16.8 Å². The number of esters is 1. The number of pyridine rings is 1. The first-order chi connectivity index (χ1) is 10.1. The maximum absolute atomic E-state index is 12.4. The molecule has 0 saturated heterocycles. The van der Waals surface area contributed by atoms with Gasteiger partial charge in [0.15, 0.2) is 0 Å². The summed E-state index contributed by atoms with van der Waals surface area (Å²) >= 11 is 0. The molecule has 4 heteroatoms. The van der Waals surface area contributed by atoms with Crippen LogP contribution in [0.25, 0.3) is 0 Å². The predicted molar refractivity (Wildman–Crippen MR) is 81.9 cm³/mol. The van der Waals surface area contributed by atoms with Gasteiger partial charge in [-0.15, -0.1) is 0 Å². The monoisotopic (exact) mass is 284 g/mol. The molecule has 21 heavy (non-hydrogen) atoms. The van der Waals surface area contributed by atoms with Crippen LogP contribution in [0, 0.1) is 6.92 Å². The van der Waals surface area contributed by atoms with Gasteiger partial charge in [0, 0.05) is 24.9 Å². The Kier molecular flexibility index (Phi) is 4.70. The fraction of sp³-hybridized carbons (Fsp3) is 0.294. The molecule has 0 amide bonds. The third-order valence-corrected chi connectivity index (χ3v) is 3.74. The summed E-state index contributed by atoms with van der Waals surface area (Å²) in [6.07, 6.45) is 2.13. The third kappa shape index (κ3) is 3.11. The summed E-state index contributed by atoms with van der Waals surface area (Å²) in [5.41, 5.74) is 7.87. The lowest BCUT2D eigenvalue weighted by Crippen LogP contribution is -2.46. The molecule has 0 bridgehead atoms. The maximum atomic E-state index is 12.4. The van der Waals surface area contributed by atoms with Crippen LogP contribution in [0.4, 0.5) is 0 Å². The van der Waals surface area contributed by atoms with E-state index >= 15 is 0 Å². The summed E-state index contributed by atoms with van der Waals surface area (Å²) in [4.78, 5) is 16.7. The van der Waals surface area contributed by atoms with Crippen molar-refractivity contribution < 1.29 is 9.53 Å². The lowest BCUT2D eigenvalue weighted by molar-refractivity contribution is -0.147. The molecular weight excluding hydrogens is 264 g/mol. The second-order valence-electron chi connectivity index (χ2n) is 5.14. The normalized spacial score (nSPS) is 13.5. The summed E-state index contributed by atoms with van der Waals surface area (Å²) in [5.74, 6) is -0.334. The Balaban J connectivity index is 2.47. The molecule has 1 aromatic carbocycles. The van der Waals surface area contributed by atoms with E-state index in [0.29, 0.717) is 6.42 Å². The van der Waals surface area contributed by atoms with Crippen LogP contribution < -0.4 is 5.73 Å². The van der Waals surface area contributed by atoms with Crippen molar-refractivity contribution in [2.45, 2.75) is 18.8 Å². The molecule has 1 unspecified atom stereocenters. The van der Waals surface area contributed by atoms with Crippen LogP contribution in [-0.4, -0.2) is 24.6 Å². The Morgan fingerprint density at radius 1 is 1.24 bits per heavy atom. The van der Waals surface area contributed by atoms with Crippen LogP contribution in [0.3, 0.4) is 0 Å². The van der Waals surface area contributed by atoms with Gasteiger partial charge < -0.3 is 10.5 Å². The molecule has 2 N–H and O–H groups in total. The SMILES string of the molecule is COC(=O)C(CN)(Cc1ccccn1)c1ccc(C)cc1. The molecule has 0 radical (unpaired) electrons. The van der Waals surface area contributed by atoms with Gasteiger partial charge in [0.05, 0.1) is 7.11 Å². The maximum Gasteiger partial charge on any atom is 0.317 e. The average Bonchev–Trinajstić information content (AvgIpc) is 2.54. The van der Waals surface area contributed by atoms with Gasteiger partial charge in [0.1, 0.15) is 5.41 Å². The number of ether oxygens (including phenoxy) is 1. The minimum absolute atomic E-state index is 0.166. The average molecular weight is 284 g/mol. The van der Waals surface area contributed by atoms with Gasteiger partial charge in [0.2, 0.25) is 0 Å². The van der Waals surface area contributed by atoms with Crippen molar-refractivity contribution in [2.24, 2.45) is 5.73 Å². The minimum atomic E-state index is -0.906. The van der Waals surface area contributed by atoms with E-state index in [9.17, 15) is 4.79 Å². The summed E-state index contributed by atoms with van der Waals surface area (Å²) in [6, 6.07) is 13.4. The lowest BCUT2D eigenvalue weighted by atomic mass is 9.76. The molecule has 0 aliphatic rings. The number of carbonyl (C=O) groups excluding carboxylic acids is 1. The highest BCUT2D eigenvalue weighted by molar-refractivity contribution is 5.84. The van der Waals surface area contributed by atoms with Gasteiger partial charge in [0.25, 0.3) is 0 Å². The van der Waals surface area contributed by atoms with E-state index in [1.54, 1.807) is 6.20 Å². The standard InChI is InChI=1S/C17H20N2O2/c1-13-6-8-14(9-7-13)17(12-18,16(20)21-2)11-15-5-3-4-10-19-15/h3-10H,11-12,18H2,1-2H3. The zero-order valence-corrected chi connectivity index (χ0v) is 12.4. The smallest absolute Gasteiger partial charge is 0.317 e. The quantitative estimate of drug-likeness (QED) is 0.853. The number of benzene rings is 1. The Bertz CT molecular complexity index is 596. The van der Waals surface area contributed by atoms with Crippen LogP contribution in [0.2, 0.25) is 0 Å². The molecule has 110 valence electrons. The van der Waals surface area contributed by atoms with Crippen molar-refractivity contribution in [1.82, 2.24) is 4.98 Å². The number of nitrogens with two attached hydrogens (primary N) is 1. The minimum Gasteiger partial charge on any atom is -0.468 e. The molecule has 2 rings (SSSR count). The number of aryl methyl sites for hydroxylation is 1. The van der Waals surface area contributed by atoms with Gasteiger partial charge in [-0.3, -0.25) is 9.78 Å². The topological polar surface area (TPSA) is 65.2 Å². The summed E-state index contributed by atoms with van der Waals surface area (Å²) in [7, 11) is 1.39. The summed E-state index contributed by atoms with van der Waals surface area (Å²) in [6.45, 7) is 2.17. The summed E-state index contributed by atoms with van der Waals surface area (Å²) < 4.78 is 5.02. The number of carbonyl (C=O) groups is 1. The number of rotatable bonds is 5. The zero-order valence-electron chi connectivity index (χ0n) is 12.4. The van der Waals surface area contributed by atoms with Gasteiger partial charge in [-0.2, -0.15) is 0 Å². The van der Waals surface area contributed by atoms with Crippen molar-refractivity contribution in [3.63, 3.8) is 0 Å². The molecule has 0 saturated carbocycles. The molecule has 0 fully saturated rings. The molecular formula is C17H20N2O2. The van der Waals surface area contributed by atoms with E-state index in [2.05, 4.69) is 4.98 Å². The van der Waals surface area contributed by atoms with E-state index in [4.69, 9.17) is 10.5 Å². The van der Waals surface area contributed by atoms with Gasteiger partial charge in [-0.25, -0.2) is 0 Å². The fourth-order valence-electron chi connectivity index (χ4n) is 2.45. The Morgan fingerprint density at radius 2 is 1.95 bits per heavy atom. The second kappa shape index (κ2) is 6.50. The number of hydrogen-bond donors (Lipinski definition) is 1. The Labute approximate surface area is 125 Å². The second-order valence-corrected chi connectivity index (χ2v) is 5.14. The molecule has 1 atom stereocenters. The van der Waals surface area contributed by atoms with Crippen LogP contribution >= 0.6 is 0 Å². The van der Waals surface area contributed by atoms with E-state index in [1.165, 1.54) is 7.11 Å². The first-order valence-corrected chi connectivity index (χ1v) is 6.88.